The van der Waals surface area contributed by atoms with Gasteiger partial charge < -0.3 is 10.1 Å². The van der Waals surface area contributed by atoms with Crippen molar-refractivity contribution in [3.05, 3.63) is 82.9 Å². The number of halogens is 6. The molecule has 0 spiro atoms. The Bertz CT molecular complexity index is 1390. The lowest BCUT2D eigenvalue weighted by molar-refractivity contribution is -0.143. The minimum absolute atomic E-state index is 0.0622. The van der Waals surface area contributed by atoms with Crippen LogP contribution in [-0.4, -0.2) is 16.2 Å². The Labute approximate surface area is 200 Å². The highest BCUT2D eigenvalue weighted by atomic mass is 19.4. The van der Waals surface area contributed by atoms with E-state index >= 15 is 0 Å². The summed E-state index contributed by atoms with van der Waals surface area (Å²) in [5, 5.41) is 12.4. The average Bonchev–Trinajstić information content (AvgIpc) is 3.19. The van der Waals surface area contributed by atoms with Gasteiger partial charge in [0.05, 0.1) is 16.6 Å². The maximum Gasteiger partial charge on any atom is 0.416 e. The van der Waals surface area contributed by atoms with Gasteiger partial charge in [-0.15, -0.1) is 0 Å². The third-order valence-electron chi connectivity index (χ3n) is 5.21. The third kappa shape index (κ3) is 5.70. The molecule has 0 fully saturated rings. The zero-order valence-electron chi connectivity index (χ0n) is 18.5. The lowest BCUT2D eigenvalue weighted by Crippen LogP contribution is -2.19. The van der Waals surface area contributed by atoms with Gasteiger partial charge in [-0.2, -0.15) is 31.4 Å². The Hall–Kier alpha value is -4.22. The average molecular weight is 508 g/mol. The van der Waals surface area contributed by atoms with Gasteiger partial charge in [0.15, 0.2) is 5.82 Å². The molecule has 3 N–H and O–H groups in total. The van der Waals surface area contributed by atoms with Gasteiger partial charge in [0.25, 0.3) is 0 Å². The summed E-state index contributed by atoms with van der Waals surface area (Å²) in [6.45, 7) is 1.27. The van der Waals surface area contributed by atoms with E-state index in [9.17, 15) is 31.1 Å². The molecular formula is C24H18F6N4O2. The van der Waals surface area contributed by atoms with E-state index < -0.39 is 41.7 Å². The molecule has 36 heavy (non-hydrogen) atoms. The molecule has 0 aliphatic heterocycles. The smallest absolute Gasteiger partial charge is 0.416 e. The summed E-state index contributed by atoms with van der Waals surface area (Å²) < 4.78 is 84.2. The Balaban J connectivity index is 1.51. The highest BCUT2D eigenvalue weighted by molar-refractivity contribution is 6.04. The molecule has 2 amide bonds. The van der Waals surface area contributed by atoms with Gasteiger partial charge in [0, 0.05) is 16.6 Å². The summed E-state index contributed by atoms with van der Waals surface area (Å²) in [4.78, 5) is 12.3. The first kappa shape index (κ1) is 24.9. The van der Waals surface area contributed by atoms with Crippen LogP contribution >= 0.6 is 0 Å². The van der Waals surface area contributed by atoms with Gasteiger partial charge in [0.1, 0.15) is 12.4 Å². The van der Waals surface area contributed by atoms with Crippen molar-refractivity contribution in [2.24, 2.45) is 0 Å². The predicted molar refractivity (Wildman–Crippen MR) is 121 cm³/mol. The largest absolute Gasteiger partial charge is 0.489 e. The summed E-state index contributed by atoms with van der Waals surface area (Å²) in [5.41, 5.74) is -1.21. The predicted octanol–water partition coefficient (Wildman–Crippen LogP) is 7.13. The number of H-pyrrole nitrogens is 1. The van der Waals surface area contributed by atoms with E-state index in [0.717, 1.165) is 11.6 Å². The molecule has 0 saturated carbocycles. The molecule has 1 aromatic heterocycles. The number of alkyl halides is 6. The van der Waals surface area contributed by atoms with Crippen molar-refractivity contribution in [1.82, 2.24) is 10.2 Å². The Kier molecular flexibility index (Phi) is 6.53. The Morgan fingerprint density at radius 3 is 2.31 bits per heavy atom. The van der Waals surface area contributed by atoms with E-state index in [2.05, 4.69) is 20.8 Å². The zero-order chi connectivity index (χ0) is 26.1. The van der Waals surface area contributed by atoms with Crippen LogP contribution in [0.4, 0.5) is 42.6 Å². The first-order valence-electron chi connectivity index (χ1n) is 10.4. The third-order valence-corrected chi connectivity index (χ3v) is 5.21. The van der Waals surface area contributed by atoms with E-state index in [1.54, 1.807) is 12.1 Å². The maximum absolute atomic E-state index is 13.4. The van der Waals surface area contributed by atoms with E-state index in [0.29, 0.717) is 22.7 Å². The van der Waals surface area contributed by atoms with Gasteiger partial charge in [-0.25, -0.2) is 4.79 Å². The molecule has 0 bridgehead atoms. The second-order valence-corrected chi connectivity index (χ2v) is 7.88. The lowest BCUT2D eigenvalue weighted by atomic mass is 10.0. The molecule has 1 heterocycles. The molecule has 0 unspecified atom stereocenters. The number of nitrogens with one attached hydrogen (secondary N) is 3. The summed E-state index contributed by atoms with van der Waals surface area (Å²) in [6.07, 6.45) is -9.92. The number of urea groups is 1. The topological polar surface area (TPSA) is 79.0 Å². The normalized spacial score (nSPS) is 12.0. The first-order valence-corrected chi connectivity index (χ1v) is 10.4. The molecule has 12 heteroatoms. The van der Waals surface area contributed by atoms with Crippen LogP contribution in [0, 0.1) is 6.92 Å². The minimum atomic E-state index is -5.00. The molecule has 4 aromatic rings. The van der Waals surface area contributed by atoms with Crippen molar-refractivity contribution in [2.75, 3.05) is 10.6 Å². The quantitative estimate of drug-likeness (QED) is 0.251. The second-order valence-electron chi connectivity index (χ2n) is 7.88. The van der Waals surface area contributed by atoms with Crippen LogP contribution in [0.25, 0.3) is 10.9 Å². The van der Waals surface area contributed by atoms with Gasteiger partial charge >= 0.3 is 18.4 Å². The number of fused-ring (bicyclic) bond motifs is 1. The van der Waals surface area contributed by atoms with Crippen LogP contribution in [0.2, 0.25) is 0 Å². The lowest BCUT2D eigenvalue weighted by Gasteiger charge is -2.16. The number of benzene rings is 3. The number of rotatable bonds is 5. The molecule has 0 aliphatic rings. The summed E-state index contributed by atoms with van der Waals surface area (Å²) in [5.74, 6) is 0.268. The van der Waals surface area contributed by atoms with Crippen molar-refractivity contribution in [2.45, 2.75) is 25.9 Å². The first-order chi connectivity index (χ1) is 16.9. The summed E-state index contributed by atoms with van der Waals surface area (Å²) in [6, 6.07) is 12.3. The number of carbonyl (C=O) groups is 1. The molecule has 188 valence electrons. The van der Waals surface area contributed by atoms with Crippen LogP contribution < -0.4 is 15.4 Å². The molecule has 0 saturated heterocycles. The SMILES string of the molecule is Cc1ccc(NC(=O)Nc2n[nH]c3ccc(OCc4ccc(C(F)(F)F)cc4C(F)(F)F)cc23)cc1. The highest BCUT2D eigenvalue weighted by Gasteiger charge is 2.38. The van der Waals surface area contributed by atoms with E-state index in [1.807, 2.05) is 19.1 Å². The molecule has 3 aromatic carbocycles. The van der Waals surface area contributed by atoms with E-state index in [4.69, 9.17) is 4.74 Å². The molecular weight excluding hydrogens is 490 g/mol. The van der Waals surface area contributed by atoms with Gasteiger partial charge in [-0.05, 0) is 49.4 Å². The maximum atomic E-state index is 13.4. The number of carbonyl (C=O) groups excluding carboxylic acids is 1. The number of anilines is 2. The fraction of sp³-hybridized carbons (Fsp3) is 0.167. The number of aromatic amines is 1. The standard InChI is InChI=1S/C24H18F6N4O2/c1-13-2-6-16(7-3-13)31-22(35)32-21-18-11-17(8-9-20(18)33-34-21)36-12-14-4-5-15(23(25,26)27)10-19(14)24(28,29)30/h2-11H,12H2,1H3,(H3,31,32,33,34,35). The molecule has 0 atom stereocenters. The monoisotopic (exact) mass is 508 g/mol. The fourth-order valence-corrected chi connectivity index (χ4v) is 3.39. The van der Waals surface area contributed by atoms with Crippen molar-refractivity contribution >= 4 is 28.4 Å². The van der Waals surface area contributed by atoms with Crippen LogP contribution in [0.1, 0.15) is 22.3 Å². The molecule has 4 rings (SSSR count). The van der Waals surface area contributed by atoms with Gasteiger partial charge in [-0.3, -0.25) is 10.4 Å². The fourth-order valence-electron chi connectivity index (χ4n) is 3.39. The highest BCUT2D eigenvalue weighted by Crippen LogP contribution is 2.38. The van der Waals surface area contributed by atoms with Crippen molar-refractivity contribution in [1.29, 1.82) is 0 Å². The molecule has 0 aliphatic carbocycles. The van der Waals surface area contributed by atoms with Gasteiger partial charge in [0.2, 0.25) is 0 Å². The summed E-state index contributed by atoms with van der Waals surface area (Å²) >= 11 is 0. The molecule has 0 radical (unpaired) electrons. The number of nitrogens with zero attached hydrogens (tertiary/aromatic N) is 1. The Morgan fingerprint density at radius 1 is 0.917 bits per heavy atom. The van der Waals surface area contributed by atoms with Crippen molar-refractivity contribution in [3.63, 3.8) is 0 Å². The molecule has 6 nitrogen and oxygen atoms in total. The van der Waals surface area contributed by atoms with E-state index in [-0.39, 0.29) is 17.6 Å². The number of hydrogen-bond acceptors (Lipinski definition) is 3. The number of ether oxygens (including phenoxy) is 1. The van der Waals surface area contributed by atoms with Crippen molar-refractivity contribution < 1.29 is 35.9 Å². The Morgan fingerprint density at radius 2 is 1.64 bits per heavy atom. The van der Waals surface area contributed by atoms with Crippen LogP contribution in [0.5, 0.6) is 5.75 Å². The van der Waals surface area contributed by atoms with E-state index in [1.165, 1.54) is 18.2 Å². The number of amides is 2. The summed E-state index contributed by atoms with van der Waals surface area (Å²) in [7, 11) is 0. The number of aryl methyl sites for hydroxylation is 1. The number of hydrogen-bond donors (Lipinski definition) is 3. The van der Waals surface area contributed by atoms with Crippen LogP contribution in [0.3, 0.4) is 0 Å². The van der Waals surface area contributed by atoms with Crippen LogP contribution in [0.15, 0.2) is 60.7 Å². The van der Waals surface area contributed by atoms with Crippen LogP contribution in [-0.2, 0) is 19.0 Å². The second kappa shape index (κ2) is 9.44. The zero-order valence-corrected chi connectivity index (χ0v) is 18.5. The van der Waals surface area contributed by atoms with Gasteiger partial charge in [-0.1, -0.05) is 23.8 Å². The van der Waals surface area contributed by atoms with Crippen molar-refractivity contribution in [3.8, 4) is 5.75 Å². The number of aromatic nitrogens is 2. The minimum Gasteiger partial charge on any atom is -0.489 e.